The summed E-state index contributed by atoms with van der Waals surface area (Å²) in [5, 5.41) is 9.28. The fourth-order valence-electron chi connectivity index (χ4n) is 3.66. The first-order chi connectivity index (χ1) is 10.6. The summed E-state index contributed by atoms with van der Waals surface area (Å²) in [4.78, 5) is 16.9. The van der Waals surface area contributed by atoms with Crippen LogP contribution in [0.3, 0.4) is 0 Å². The van der Waals surface area contributed by atoms with Crippen molar-refractivity contribution in [3.63, 3.8) is 0 Å². The van der Waals surface area contributed by atoms with Crippen LogP contribution in [0.5, 0.6) is 5.75 Å². The molecule has 2 heterocycles. The minimum Gasteiger partial charge on any atom is -0.508 e. The summed E-state index contributed by atoms with van der Waals surface area (Å²) >= 11 is 0. The molecule has 1 unspecified atom stereocenters. The second-order valence-corrected chi connectivity index (χ2v) is 6.44. The maximum atomic E-state index is 13.9. The third-order valence-corrected chi connectivity index (χ3v) is 4.96. The van der Waals surface area contributed by atoms with E-state index in [0.29, 0.717) is 12.6 Å². The highest BCUT2D eigenvalue weighted by molar-refractivity contribution is 5.95. The number of hydrogen-bond acceptors (Lipinski definition) is 3. The summed E-state index contributed by atoms with van der Waals surface area (Å²) in [6.07, 6.45) is 4.38. The van der Waals surface area contributed by atoms with E-state index >= 15 is 0 Å². The molecule has 1 aromatic carbocycles. The molecule has 2 fully saturated rings. The number of amides is 1. The number of phenolic OH excluding ortho intramolecular Hbond substituents is 1. The van der Waals surface area contributed by atoms with Crippen molar-refractivity contribution < 1.29 is 14.3 Å². The van der Waals surface area contributed by atoms with E-state index in [1.165, 1.54) is 25.0 Å². The lowest BCUT2D eigenvalue weighted by atomic mass is 10.1. The third kappa shape index (κ3) is 2.95. The molecule has 1 N–H and O–H groups in total. The van der Waals surface area contributed by atoms with Crippen molar-refractivity contribution in [2.45, 2.75) is 44.7 Å². The van der Waals surface area contributed by atoms with Gasteiger partial charge in [-0.15, -0.1) is 0 Å². The number of nitrogens with zero attached hydrogens (tertiary/aromatic N) is 2. The molecule has 0 radical (unpaired) electrons. The van der Waals surface area contributed by atoms with Gasteiger partial charge < -0.3 is 10.0 Å². The summed E-state index contributed by atoms with van der Waals surface area (Å²) in [6, 6.07) is 4.48. The van der Waals surface area contributed by atoms with Gasteiger partial charge in [0.15, 0.2) is 0 Å². The third-order valence-electron chi connectivity index (χ3n) is 4.96. The van der Waals surface area contributed by atoms with E-state index in [0.717, 1.165) is 32.0 Å². The number of phenols is 1. The van der Waals surface area contributed by atoms with Gasteiger partial charge in [0, 0.05) is 31.2 Å². The van der Waals surface area contributed by atoms with Crippen molar-refractivity contribution in [3.05, 3.63) is 29.6 Å². The molecular weight excluding hydrogens is 283 g/mol. The Hall–Kier alpha value is -1.62. The molecule has 0 bridgehead atoms. The van der Waals surface area contributed by atoms with Gasteiger partial charge in [-0.25, -0.2) is 4.39 Å². The van der Waals surface area contributed by atoms with Gasteiger partial charge in [0.1, 0.15) is 11.6 Å². The van der Waals surface area contributed by atoms with E-state index in [-0.39, 0.29) is 23.3 Å². The zero-order valence-electron chi connectivity index (χ0n) is 13.0. The first-order valence-corrected chi connectivity index (χ1v) is 8.10. The predicted octanol–water partition coefficient (Wildman–Crippen LogP) is 2.62. The standard InChI is InChI=1S/C17H23FN2O2/c1-12-4-2-8-19(12)11-13-5-3-9-20(13)17(22)15-7-6-14(21)10-16(15)18/h6-7,10,12-13,21H,2-5,8-9,11H2,1H3/t12-,13?/m0/s1. The number of carbonyl (C=O) groups is 1. The summed E-state index contributed by atoms with van der Waals surface area (Å²) in [6.45, 7) is 4.89. The minimum atomic E-state index is -0.648. The summed E-state index contributed by atoms with van der Waals surface area (Å²) in [5.74, 6) is -1.06. The number of rotatable bonds is 3. The van der Waals surface area contributed by atoms with Crippen molar-refractivity contribution in [1.29, 1.82) is 0 Å². The molecule has 3 rings (SSSR count). The summed E-state index contributed by atoms with van der Waals surface area (Å²) in [7, 11) is 0. The van der Waals surface area contributed by atoms with Crippen molar-refractivity contribution in [2.75, 3.05) is 19.6 Å². The molecule has 2 saturated heterocycles. The zero-order valence-corrected chi connectivity index (χ0v) is 13.0. The van der Waals surface area contributed by atoms with Crippen LogP contribution in [-0.4, -0.2) is 52.5 Å². The van der Waals surface area contributed by atoms with Crippen LogP contribution in [0.25, 0.3) is 0 Å². The molecule has 0 saturated carbocycles. The molecule has 2 aliphatic heterocycles. The average Bonchev–Trinajstić information content (AvgIpc) is 3.09. The highest BCUT2D eigenvalue weighted by Gasteiger charge is 2.33. The molecule has 4 nitrogen and oxygen atoms in total. The maximum Gasteiger partial charge on any atom is 0.257 e. The molecular formula is C17H23FN2O2. The number of benzene rings is 1. The number of aromatic hydroxyl groups is 1. The van der Waals surface area contributed by atoms with Crippen LogP contribution in [0.2, 0.25) is 0 Å². The SMILES string of the molecule is C[C@H]1CCCN1CC1CCCN1C(=O)c1ccc(O)cc1F. The molecule has 1 amide bonds. The lowest BCUT2D eigenvalue weighted by Gasteiger charge is -2.30. The van der Waals surface area contributed by atoms with Crippen molar-refractivity contribution in [1.82, 2.24) is 9.80 Å². The second kappa shape index (κ2) is 6.24. The van der Waals surface area contributed by atoms with E-state index in [1.54, 1.807) is 4.90 Å². The quantitative estimate of drug-likeness (QED) is 0.933. The first kappa shape index (κ1) is 15.3. The molecule has 1 aromatic rings. The molecule has 2 aliphatic rings. The Morgan fingerprint density at radius 1 is 1.32 bits per heavy atom. The first-order valence-electron chi connectivity index (χ1n) is 8.10. The minimum absolute atomic E-state index is 0.0548. The molecule has 0 spiro atoms. The summed E-state index contributed by atoms with van der Waals surface area (Å²) in [5.41, 5.74) is 0.0548. The van der Waals surface area contributed by atoms with E-state index < -0.39 is 5.82 Å². The molecule has 22 heavy (non-hydrogen) atoms. The molecule has 120 valence electrons. The fourth-order valence-corrected chi connectivity index (χ4v) is 3.66. The zero-order chi connectivity index (χ0) is 15.7. The highest BCUT2D eigenvalue weighted by atomic mass is 19.1. The topological polar surface area (TPSA) is 43.8 Å². The van der Waals surface area contributed by atoms with Crippen molar-refractivity contribution in [3.8, 4) is 5.75 Å². The lowest BCUT2D eigenvalue weighted by Crippen LogP contribution is -2.44. The molecule has 2 atom stereocenters. The largest absolute Gasteiger partial charge is 0.508 e. The van der Waals surface area contributed by atoms with Gasteiger partial charge in [0.2, 0.25) is 0 Å². The van der Waals surface area contributed by atoms with Crippen LogP contribution >= 0.6 is 0 Å². The highest BCUT2D eigenvalue weighted by Crippen LogP contribution is 2.26. The van der Waals surface area contributed by atoms with E-state index in [1.807, 2.05) is 0 Å². The van der Waals surface area contributed by atoms with Crippen LogP contribution in [0.15, 0.2) is 18.2 Å². The van der Waals surface area contributed by atoms with Gasteiger partial charge in [-0.3, -0.25) is 9.69 Å². The average molecular weight is 306 g/mol. The predicted molar refractivity (Wildman–Crippen MR) is 82.4 cm³/mol. The van der Waals surface area contributed by atoms with Gasteiger partial charge in [0.25, 0.3) is 5.91 Å². The fraction of sp³-hybridized carbons (Fsp3) is 0.588. The number of halogens is 1. The number of likely N-dealkylation sites (tertiary alicyclic amines) is 2. The van der Waals surface area contributed by atoms with Gasteiger partial charge >= 0.3 is 0 Å². The Labute approximate surface area is 130 Å². The van der Waals surface area contributed by atoms with Crippen LogP contribution in [-0.2, 0) is 0 Å². The summed E-state index contributed by atoms with van der Waals surface area (Å²) < 4.78 is 13.9. The monoisotopic (exact) mass is 306 g/mol. The van der Waals surface area contributed by atoms with Crippen LogP contribution in [0.1, 0.15) is 43.0 Å². The van der Waals surface area contributed by atoms with Gasteiger partial charge in [-0.05, 0) is 51.3 Å². The Bertz CT molecular complexity index is 564. The normalized spacial score (nSPS) is 25.8. The van der Waals surface area contributed by atoms with Gasteiger partial charge in [-0.1, -0.05) is 0 Å². The Morgan fingerprint density at radius 3 is 2.77 bits per heavy atom. The number of carbonyl (C=O) groups excluding carboxylic acids is 1. The smallest absolute Gasteiger partial charge is 0.257 e. The van der Waals surface area contributed by atoms with E-state index in [9.17, 15) is 14.3 Å². The Balaban J connectivity index is 1.73. The van der Waals surface area contributed by atoms with Gasteiger partial charge in [-0.2, -0.15) is 0 Å². The van der Waals surface area contributed by atoms with Crippen molar-refractivity contribution in [2.24, 2.45) is 0 Å². The molecule has 0 aliphatic carbocycles. The van der Waals surface area contributed by atoms with Crippen LogP contribution in [0, 0.1) is 5.82 Å². The van der Waals surface area contributed by atoms with Gasteiger partial charge in [0.05, 0.1) is 5.56 Å². The second-order valence-electron chi connectivity index (χ2n) is 6.44. The molecule has 0 aromatic heterocycles. The van der Waals surface area contributed by atoms with E-state index in [4.69, 9.17) is 0 Å². The van der Waals surface area contributed by atoms with E-state index in [2.05, 4.69) is 11.8 Å². The Morgan fingerprint density at radius 2 is 2.09 bits per heavy atom. The number of hydrogen-bond donors (Lipinski definition) is 1. The molecule has 5 heteroatoms. The van der Waals surface area contributed by atoms with Crippen LogP contribution < -0.4 is 0 Å². The maximum absolute atomic E-state index is 13.9. The van der Waals surface area contributed by atoms with Crippen molar-refractivity contribution >= 4 is 5.91 Å². The van der Waals surface area contributed by atoms with Crippen LogP contribution in [0.4, 0.5) is 4.39 Å². The Kier molecular flexibility index (Phi) is 4.34. The lowest BCUT2D eigenvalue weighted by molar-refractivity contribution is 0.0692.